The molecule has 0 fully saturated rings. The molecule has 2 aromatic carbocycles. The summed E-state index contributed by atoms with van der Waals surface area (Å²) in [6.07, 6.45) is 0.604. The van der Waals surface area contributed by atoms with Gasteiger partial charge < -0.3 is 4.42 Å². The quantitative estimate of drug-likeness (QED) is 0.770. The van der Waals surface area contributed by atoms with Gasteiger partial charge in [-0.05, 0) is 30.2 Å². The van der Waals surface area contributed by atoms with Crippen molar-refractivity contribution in [2.45, 2.75) is 11.3 Å². The molecule has 6 nitrogen and oxygen atoms in total. The third-order valence-corrected chi connectivity index (χ3v) is 5.08. The number of benzene rings is 2. The first-order valence-corrected chi connectivity index (χ1v) is 8.59. The van der Waals surface area contributed by atoms with Gasteiger partial charge in [-0.1, -0.05) is 30.3 Å². The molecule has 0 atom stereocenters. The second kappa shape index (κ2) is 6.02. The van der Waals surface area contributed by atoms with Crippen LogP contribution in [0.15, 0.2) is 62.6 Å². The Morgan fingerprint density at radius 1 is 1.13 bits per heavy atom. The number of fused-ring (bicyclic) bond motifs is 1. The average Bonchev–Trinajstić information content (AvgIpc) is 2.83. The van der Waals surface area contributed by atoms with Crippen LogP contribution in [0.3, 0.4) is 0 Å². The van der Waals surface area contributed by atoms with Gasteiger partial charge in [-0.3, -0.25) is 4.57 Å². The van der Waals surface area contributed by atoms with Gasteiger partial charge >= 0.3 is 5.76 Å². The van der Waals surface area contributed by atoms with Crippen molar-refractivity contribution >= 4 is 21.1 Å². The number of sulfonamides is 1. The molecule has 0 aliphatic heterocycles. The number of nitrogens with zero attached hydrogens (tertiary/aromatic N) is 1. The summed E-state index contributed by atoms with van der Waals surface area (Å²) >= 11 is 0. The molecule has 7 heteroatoms. The normalized spacial score (nSPS) is 11.9. The maximum absolute atomic E-state index is 12.4. The molecule has 1 N–H and O–H groups in total. The van der Waals surface area contributed by atoms with E-state index in [0.29, 0.717) is 24.1 Å². The summed E-state index contributed by atoms with van der Waals surface area (Å²) in [7, 11) is -2.10. The van der Waals surface area contributed by atoms with Gasteiger partial charge in [0.05, 0.1) is 10.4 Å². The summed E-state index contributed by atoms with van der Waals surface area (Å²) < 4.78 is 33.6. The van der Waals surface area contributed by atoms with Gasteiger partial charge in [0.25, 0.3) is 0 Å². The first kappa shape index (κ1) is 15.5. The second-order valence-corrected chi connectivity index (χ2v) is 6.96. The van der Waals surface area contributed by atoms with E-state index in [9.17, 15) is 13.2 Å². The molecule has 3 rings (SSSR count). The minimum absolute atomic E-state index is 0.106. The monoisotopic (exact) mass is 332 g/mol. The third-order valence-electron chi connectivity index (χ3n) is 3.62. The van der Waals surface area contributed by atoms with Crippen LogP contribution in [0, 0.1) is 0 Å². The number of aromatic nitrogens is 1. The Kier molecular flexibility index (Phi) is 4.06. The Morgan fingerprint density at radius 2 is 1.87 bits per heavy atom. The van der Waals surface area contributed by atoms with Crippen LogP contribution < -0.4 is 10.5 Å². The van der Waals surface area contributed by atoms with Gasteiger partial charge in [0, 0.05) is 13.6 Å². The fourth-order valence-corrected chi connectivity index (χ4v) is 3.38. The van der Waals surface area contributed by atoms with Crippen molar-refractivity contribution in [1.29, 1.82) is 0 Å². The van der Waals surface area contributed by atoms with Crippen LogP contribution >= 0.6 is 0 Å². The highest BCUT2D eigenvalue weighted by atomic mass is 32.2. The largest absolute Gasteiger partial charge is 0.419 e. The van der Waals surface area contributed by atoms with Crippen molar-refractivity contribution in [3.8, 4) is 0 Å². The summed E-state index contributed by atoms with van der Waals surface area (Å²) in [5.41, 5.74) is 1.87. The predicted octanol–water partition coefficient (Wildman–Crippen LogP) is 1.65. The molecule has 23 heavy (non-hydrogen) atoms. The highest BCUT2D eigenvalue weighted by Crippen LogP contribution is 2.17. The SMILES string of the molecule is Cn1c(=O)oc2ccc(S(=O)(=O)NCCc3ccccc3)cc21. The Labute approximate surface area is 133 Å². The summed E-state index contributed by atoms with van der Waals surface area (Å²) in [6.45, 7) is 0.300. The van der Waals surface area contributed by atoms with Gasteiger partial charge in [-0.2, -0.15) is 0 Å². The maximum Gasteiger partial charge on any atom is 0.419 e. The predicted molar refractivity (Wildman–Crippen MR) is 86.8 cm³/mol. The van der Waals surface area contributed by atoms with Crippen LogP contribution in [0.1, 0.15) is 5.56 Å². The topological polar surface area (TPSA) is 81.3 Å². The number of hydrogen-bond acceptors (Lipinski definition) is 4. The van der Waals surface area contributed by atoms with E-state index in [-0.39, 0.29) is 4.90 Å². The molecule has 0 radical (unpaired) electrons. The molecule has 0 spiro atoms. The molecule has 3 aromatic rings. The summed E-state index contributed by atoms with van der Waals surface area (Å²) in [5.74, 6) is -0.522. The first-order valence-electron chi connectivity index (χ1n) is 7.10. The van der Waals surface area contributed by atoms with Crippen LogP contribution in [0.2, 0.25) is 0 Å². The zero-order valence-corrected chi connectivity index (χ0v) is 13.3. The molecule has 0 aliphatic carbocycles. The molecule has 0 saturated heterocycles. The number of rotatable bonds is 5. The van der Waals surface area contributed by atoms with E-state index in [2.05, 4.69) is 4.72 Å². The standard InChI is InChI=1S/C16H16N2O4S/c1-18-14-11-13(7-8-15(14)22-16(18)19)23(20,21)17-10-9-12-5-3-2-4-6-12/h2-8,11,17H,9-10H2,1H3. The fourth-order valence-electron chi connectivity index (χ4n) is 2.33. The number of aryl methyl sites for hydroxylation is 1. The molecule has 0 unspecified atom stereocenters. The summed E-state index contributed by atoms with van der Waals surface area (Å²) in [4.78, 5) is 11.6. The van der Waals surface area contributed by atoms with E-state index >= 15 is 0 Å². The molecule has 120 valence electrons. The van der Waals surface area contributed by atoms with Gasteiger partial charge in [0.1, 0.15) is 0 Å². The van der Waals surface area contributed by atoms with E-state index in [1.807, 2.05) is 30.3 Å². The maximum atomic E-state index is 12.4. The van der Waals surface area contributed by atoms with E-state index in [1.54, 1.807) is 0 Å². The molecule has 0 aliphatic rings. The van der Waals surface area contributed by atoms with Crippen LogP contribution in [0.25, 0.3) is 11.1 Å². The third kappa shape index (κ3) is 3.20. The molecule has 1 aromatic heterocycles. The van der Waals surface area contributed by atoms with Gasteiger partial charge in [0.15, 0.2) is 5.58 Å². The van der Waals surface area contributed by atoms with E-state index in [4.69, 9.17) is 4.42 Å². The van der Waals surface area contributed by atoms with E-state index in [0.717, 1.165) is 5.56 Å². The first-order chi connectivity index (χ1) is 11.0. The van der Waals surface area contributed by atoms with Crippen LogP contribution in [0.4, 0.5) is 0 Å². The smallest absolute Gasteiger partial charge is 0.408 e. The lowest BCUT2D eigenvalue weighted by molar-refractivity contribution is 0.528. The highest BCUT2D eigenvalue weighted by molar-refractivity contribution is 7.89. The molecular formula is C16H16N2O4S. The molecule has 0 saturated carbocycles. The van der Waals surface area contributed by atoms with E-state index in [1.165, 1.54) is 29.8 Å². The van der Waals surface area contributed by atoms with Gasteiger partial charge in [-0.25, -0.2) is 17.9 Å². The lowest BCUT2D eigenvalue weighted by atomic mass is 10.2. The highest BCUT2D eigenvalue weighted by Gasteiger charge is 2.16. The lowest BCUT2D eigenvalue weighted by Gasteiger charge is -2.07. The number of nitrogens with one attached hydrogen (secondary N) is 1. The average molecular weight is 332 g/mol. The van der Waals surface area contributed by atoms with Crippen molar-refractivity contribution in [1.82, 2.24) is 9.29 Å². The number of hydrogen-bond donors (Lipinski definition) is 1. The summed E-state index contributed by atoms with van der Waals surface area (Å²) in [5, 5.41) is 0. The second-order valence-electron chi connectivity index (χ2n) is 5.19. The zero-order valence-electron chi connectivity index (χ0n) is 12.5. The molecule has 1 heterocycles. The molecule has 0 amide bonds. The van der Waals surface area contributed by atoms with Crippen molar-refractivity contribution in [3.63, 3.8) is 0 Å². The fraction of sp³-hybridized carbons (Fsp3) is 0.188. The Morgan fingerprint density at radius 3 is 2.61 bits per heavy atom. The summed E-state index contributed by atoms with van der Waals surface area (Å²) in [6, 6.07) is 14.0. The number of oxazole rings is 1. The molecular weight excluding hydrogens is 316 g/mol. The Balaban J connectivity index is 1.79. The Bertz CT molecular complexity index is 988. The van der Waals surface area contributed by atoms with Crippen LogP contribution in [-0.4, -0.2) is 19.5 Å². The minimum atomic E-state index is -3.64. The van der Waals surface area contributed by atoms with Gasteiger partial charge in [0.2, 0.25) is 10.0 Å². The van der Waals surface area contributed by atoms with Crippen LogP contribution in [0.5, 0.6) is 0 Å². The van der Waals surface area contributed by atoms with Crippen molar-refractivity contribution in [2.75, 3.05) is 6.54 Å². The van der Waals surface area contributed by atoms with Gasteiger partial charge in [-0.15, -0.1) is 0 Å². The minimum Gasteiger partial charge on any atom is -0.408 e. The van der Waals surface area contributed by atoms with Crippen molar-refractivity contribution < 1.29 is 12.8 Å². The van der Waals surface area contributed by atoms with E-state index < -0.39 is 15.8 Å². The van der Waals surface area contributed by atoms with Crippen LogP contribution in [-0.2, 0) is 23.5 Å². The van der Waals surface area contributed by atoms with Crippen molar-refractivity contribution in [3.05, 3.63) is 64.6 Å². The Hall–Kier alpha value is -2.38. The zero-order chi connectivity index (χ0) is 16.4. The lowest BCUT2D eigenvalue weighted by Crippen LogP contribution is -2.26. The van der Waals surface area contributed by atoms with Crippen molar-refractivity contribution in [2.24, 2.45) is 7.05 Å². The molecule has 0 bridgehead atoms.